The van der Waals surface area contributed by atoms with Crippen LogP contribution in [0.3, 0.4) is 0 Å². The fourth-order valence-electron chi connectivity index (χ4n) is 1.98. The van der Waals surface area contributed by atoms with Gasteiger partial charge in [-0.3, -0.25) is 9.59 Å². The Hall–Kier alpha value is -1.40. The highest BCUT2D eigenvalue weighted by Gasteiger charge is 2.21. The SMILES string of the molecule is Cc1ccc(CN(C(=O)CNC(=O)[C@@H](N)C(C)C)C(C)C)s1. The van der Waals surface area contributed by atoms with Crippen LogP contribution in [0.4, 0.5) is 0 Å². The number of aryl methyl sites for hydroxylation is 1. The van der Waals surface area contributed by atoms with E-state index in [0.29, 0.717) is 6.54 Å². The second kappa shape index (κ2) is 8.29. The molecule has 1 atom stereocenters. The summed E-state index contributed by atoms with van der Waals surface area (Å²) in [7, 11) is 0. The van der Waals surface area contributed by atoms with E-state index in [2.05, 4.69) is 5.32 Å². The lowest BCUT2D eigenvalue weighted by Gasteiger charge is -2.27. The monoisotopic (exact) mass is 325 g/mol. The molecule has 2 amide bonds. The van der Waals surface area contributed by atoms with Crippen molar-refractivity contribution in [2.24, 2.45) is 11.7 Å². The fraction of sp³-hybridized carbons (Fsp3) is 0.625. The first kappa shape index (κ1) is 18.6. The molecular weight excluding hydrogens is 298 g/mol. The fourth-order valence-corrected chi connectivity index (χ4v) is 2.87. The van der Waals surface area contributed by atoms with Gasteiger partial charge in [0.1, 0.15) is 0 Å². The predicted octanol–water partition coefficient (Wildman–Crippen LogP) is 1.89. The zero-order valence-corrected chi connectivity index (χ0v) is 14.9. The molecule has 1 aromatic rings. The van der Waals surface area contributed by atoms with Crippen LogP contribution in [0.1, 0.15) is 37.4 Å². The Bertz CT molecular complexity index is 511. The van der Waals surface area contributed by atoms with Crippen molar-refractivity contribution in [2.45, 2.75) is 53.2 Å². The van der Waals surface area contributed by atoms with Crippen molar-refractivity contribution in [1.29, 1.82) is 0 Å². The van der Waals surface area contributed by atoms with Crippen LogP contribution in [0, 0.1) is 12.8 Å². The van der Waals surface area contributed by atoms with E-state index in [9.17, 15) is 9.59 Å². The average Bonchev–Trinajstić information content (AvgIpc) is 2.85. The third-order valence-corrected chi connectivity index (χ3v) is 4.49. The standard InChI is InChI=1S/C16H27N3O2S/c1-10(2)15(17)16(21)18-8-14(20)19(11(3)4)9-13-7-6-12(5)22-13/h6-7,10-11,15H,8-9,17H2,1-5H3,(H,18,21)/t15-/m0/s1. The van der Waals surface area contributed by atoms with Gasteiger partial charge in [0.05, 0.1) is 19.1 Å². The average molecular weight is 325 g/mol. The van der Waals surface area contributed by atoms with Gasteiger partial charge in [0, 0.05) is 15.8 Å². The molecule has 0 spiro atoms. The number of nitrogens with one attached hydrogen (secondary N) is 1. The Morgan fingerprint density at radius 2 is 1.91 bits per heavy atom. The molecule has 22 heavy (non-hydrogen) atoms. The van der Waals surface area contributed by atoms with Gasteiger partial charge in [-0.15, -0.1) is 11.3 Å². The maximum Gasteiger partial charge on any atom is 0.242 e. The Balaban J connectivity index is 2.60. The summed E-state index contributed by atoms with van der Waals surface area (Å²) in [5, 5.41) is 2.64. The van der Waals surface area contributed by atoms with Crippen molar-refractivity contribution in [2.75, 3.05) is 6.54 Å². The van der Waals surface area contributed by atoms with E-state index < -0.39 is 6.04 Å². The van der Waals surface area contributed by atoms with Gasteiger partial charge in [0.2, 0.25) is 11.8 Å². The minimum Gasteiger partial charge on any atom is -0.346 e. The summed E-state index contributed by atoms with van der Waals surface area (Å²) >= 11 is 1.68. The number of carbonyl (C=O) groups is 2. The van der Waals surface area contributed by atoms with Crippen LogP contribution in [0.15, 0.2) is 12.1 Å². The number of nitrogens with zero attached hydrogens (tertiary/aromatic N) is 1. The zero-order chi connectivity index (χ0) is 16.9. The van der Waals surface area contributed by atoms with Crippen LogP contribution in [-0.2, 0) is 16.1 Å². The lowest BCUT2D eigenvalue weighted by molar-refractivity contribution is -0.135. The largest absolute Gasteiger partial charge is 0.346 e. The molecule has 124 valence electrons. The molecule has 5 nitrogen and oxygen atoms in total. The molecule has 0 aliphatic carbocycles. The van der Waals surface area contributed by atoms with Crippen LogP contribution < -0.4 is 11.1 Å². The van der Waals surface area contributed by atoms with Crippen LogP contribution in [0.5, 0.6) is 0 Å². The molecule has 0 saturated carbocycles. The van der Waals surface area contributed by atoms with Gasteiger partial charge < -0.3 is 16.0 Å². The molecule has 1 aromatic heterocycles. The first-order valence-electron chi connectivity index (χ1n) is 7.60. The molecule has 0 aliphatic heterocycles. The zero-order valence-electron chi connectivity index (χ0n) is 14.1. The summed E-state index contributed by atoms with van der Waals surface area (Å²) in [5.74, 6) is -0.324. The lowest BCUT2D eigenvalue weighted by atomic mass is 10.1. The van der Waals surface area contributed by atoms with E-state index in [1.807, 2.05) is 46.8 Å². The van der Waals surface area contributed by atoms with Gasteiger partial charge in [0.25, 0.3) is 0 Å². The maximum absolute atomic E-state index is 12.4. The van der Waals surface area contributed by atoms with E-state index in [0.717, 1.165) is 4.88 Å². The van der Waals surface area contributed by atoms with Gasteiger partial charge in [-0.25, -0.2) is 0 Å². The van der Waals surface area contributed by atoms with Crippen molar-refractivity contribution in [1.82, 2.24) is 10.2 Å². The minimum absolute atomic E-state index is 0.0121. The molecular formula is C16H27N3O2S. The highest BCUT2D eigenvalue weighted by atomic mass is 32.1. The number of amides is 2. The van der Waals surface area contributed by atoms with Crippen molar-refractivity contribution < 1.29 is 9.59 Å². The molecule has 0 fully saturated rings. The Morgan fingerprint density at radius 1 is 1.27 bits per heavy atom. The predicted molar refractivity (Wildman–Crippen MR) is 90.6 cm³/mol. The minimum atomic E-state index is -0.583. The Labute approximate surface area is 136 Å². The smallest absolute Gasteiger partial charge is 0.242 e. The molecule has 0 unspecified atom stereocenters. The molecule has 0 aliphatic rings. The summed E-state index contributed by atoms with van der Waals surface area (Å²) in [5.41, 5.74) is 5.77. The highest BCUT2D eigenvalue weighted by Crippen LogP contribution is 2.18. The topological polar surface area (TPSA) is 75.4 Å². The maximum atomic E-state index is 12.4. The van der Waals surface area contributed by atoms with Crippen LogP contribution >= 0.6 is 11.3 Å². The molecule has 0 saturated heterocycles. The highest BCUT2D eigenvalue weighted by molar-refractivity contribution is 7.11. The third kappa shape index (κ3) is 5.42. The molecule has 0 aromatic carbocycles. The molecule has 3 N–H and O–H groups in total. The number of thiophene rings is 1. The van der Waals surface area contributed by atoms with Crippen LogP contribution in [0.25, 0.3) is 0 Å². The quantitative estimate of drug-likeness (QED) is 0.804. The van der Waals surface area contributed by atoms with Gasteiger partial charge in [0.15, 0.2) is 0 Å². The molecule has 0 radical (unpaired) electrons. The first-order valence-corrected chi connectivity index (χ1v) is 8.42. The van der Waals surface area contributed by atoms with Crippen molar-refractivity contribution in [3.05, 3.63) is 21.9 Å². The summed E-state index contributed by atoms with van der Waals surface area (Å²) < 4.78 is 0. The van der Waals surface area contributed by atoms with Crippen molar-refractivity contribution in [3.8, 4) is 0 Å². The second-order valence-electron chi connectivity index (χ2n) is 6.12. The summed E-state index contributed by atoms with van der Waals surface area (Å²) in [4.78, 5) is 28.3. The summed E-state index contributed by atoms with van der Waals surface area (Å²) in [6, 6.07) is 3.58. The normalized spacial score (nSPS) is 12.5. The van der Waals surface area contributed by atoms with Crippen LogP contribution in [0.2, 0.25) is 0 Å². The third-order valence-electron chi connectivity index (χ3n) is 3.50. The van der Waals surface area contributed by atoms with E-state index in [1.54, 1.807) is 16.2 Å². The molecule has 0 bridgehead atoms. The Morgan fingerprint density at radius 3 is 2.36 bits per heavy atom. The van der Waals surface area contributed by atoms with E-state index >= 15 is 0 Å². The number of rotatable bonds is 7. The summed E-state index contributed by atoms with van der Waals surface area (Å²) in [6.07, 6.45) is 0. The Kier molecular flexibility index (Phi) is 7.03. The van der Waals surface area contributed by atoms with Crippen LogP contribution in [-0.4, -0.2) is 35.3 Å². The van der Waals surface area contributed by atoms with Gasteiger partial charge in [-0.05, 0) is 38.8 Å². The summed E-state index contributed by atoms with van der Waals surface area (Å²) in [6.45, 7) is 10.3. The lowest BCUT2D eigenvalue weighted by Crippen LogP contribution is -2.48. The molecule has 1 heterocycles. The number of carbonyl (C=O) groups excluding carboxylic acids is 2. The van der Waals surface area contributed by atoms with E-state index in [-0.39, 0.29) is 30.3 Å². The number of hydrogen-bond acceptors (Lipinski definition) is 4. The van der Waals surface area contributed by atoms with Crippen molar-refractivity contribution >= 4 is 23.2 Å². The van der Waals surface area contributed by atoms with E-state index in [1.165, 1.54) is 4.88 Å². The van der Waals surface area contributed by atoms with Gasteiger partial charge in [-0.2, -0.15) is 0 Å². The second-order valence-corrected chi connectivity index (χ2v) is 7.49. The molecule has 6 heteroatoms. The first-order chi connectivity index (χ1) is 10.2. The van der Waals surface area contributed by atoms with Gasteiger partial charge >= 0.3 is 0 Å². The van der Waals surface area contributed by atoms with Crippen molar-refractivity contribution in [3.63, 3.8) is 0 Å². The van der Waals surface area contributed by atoms with Gasteiger partial charge in [-0.1, -0.05) is 13.8 Å². The molecule has 1 rings (SSSR count). The van der Waals surface area contributed by atoms with E-state index in [4.69, 9.17) is 5.73 Å². The number of hydrogen-bond donors (Lipinski definition) is 2. The number of nitrogens with two attached hydrogens (primary N) is 1.